The first-order valence-electron chi connectivity index (χ1n) is 13.3. The van der Waals surface area contributed by atoms with E-state index in [-0.39, 0.29) is 0 Å². The van der Waals surface area contributed by atoms with Crippen LogP contribution in [0.25, 0.3) is 0 Å². The number of aromatic nitrogens is 2. The molecule has 0 radical (unpaired) electrons. The predicted octanol–water partition coefficient (Wildman–Crippen LogP) is 1.23. The van der Waals surface area contributed by atoms with Gasteiger partial charge in [0, 0.05) is 12.3 Å². The molecule has 22 heteroatoms. The fourth-order valence-electron chi connectivity index (χ4n) is 3.79. The number of aliphatic hydroxyl groups excluding tert-OH is 1. The number of aromatic amines is 1. The lowest BCUT2D eigenvalue weighted by Gasteiger charge is -2.35. The van der Waals surface area contributed by atoms with Crippen molar-refractivity contribution in [1.82, 2.24) is 9.55 Å². The zero-order valence-corrected chi connectivity index (χ0v) is 26.9. The number of hydrogen-bond acceptors (Lipinski definition) is 17. The molecule has 1 aliphatic rings. The summed E-state index contributed by atoms with van der Waals surface area (Å²) in [5, 5.41) is 19.0. The molecule has 1 aromatic rings. The molecule has 0 aromatic carbocycles. The second-order valence-corrected chi connectivity index (χ2v) is 12.4. The summed E-state index contributed by atoms with van der Waals surface area (Å²) in [6, 6.07) is 0.874. The number of carbonyl (C=O) groups is 3. The van der Waals surface area contributed by atoms with Crippen LogP contribution < -0.4 is 11.2 Å². The van der Waals surface area contributed by atoms with E-state index in [0.717, 1.165) is 19.2 Å². The summed E-state index contributed by atoms with van der Waals surface area (Å²) in [5.74, 6) is -1.37. The maximum Gasteiger partial charge on any atom is 0.510 e. The standard InChI is InChI=1S/C24H35ClFN2O17P/c1-13(2)42-21(33)37-11-40-46(36,41-12-38-22(34)43-14(3)4)39-10-24(9-26)18(44-17(31)15(25)8-29)23(5,35)19(45-24)28-7-6-16(30)27-20(28)32/h6-7,13-15,18-19,29,35H,8-12H2,1-5H3,(H,27,30,32)/t15?,18-,19+,23+,24+/m0/s1. The van der Waals surface area contributed by atoms with Gasteiger partial charge in [-0.25, -0.2) is 32.4 Å². The molecular weight excluding hydrogens is 674 g/mol. The summed E-state index contributed by atoms with van der Waals surface area (Å²) in [4.78, 5) is 62.0. The second kappa shape index (κ2) is 16.6. The monoisotopic (exact) mass is 708 g/mol. The van der Waals surface area contributed by atoms with Gasteiger partial charge in [0.1, 0.15) is 12.3 Å². The van der Waals surface area contributed by atoms with Gasteiger partial charge in [-0.05, 0) is 34.6 Å². The van der Waals surface area contributed by atoms with E-state index in [1.807, 2.05) is 4.98 Å². The Labute approximate surface area is 265 Å². The molecule has 1 aliphatic heterocycles. The molecule has 0 spiro atoms. The zero-order chi connectivity index (χ0) is 34.9. The van der Waals surface area contributed by atoms with Gasteiger partial charge < -0.3 is 38.6 Å². The molecule has 2 heterocycles. The summed E-state index contributed by atoms with van der Waals surface area (Å²) in [6.07, 6.45) is -6.86. The van der Waals surface area contributed by atoms with Crippen molar-refractivity contribution in [2.45, 2.75) is 75.7 Å². The summed E-state index contributed by atoms with van der Waals surface area (Å²) < 4.78 is 73.8. The SMILES string of the molecule is CC(C)OC(=O)OCOP(=O)(OCOC(=O)OC(C)C)OC[C@@]1(CF)O[C@@H](n2ccc(=O)[nH]c2=O)[C@](C)(O)[C@@H]1OC(=O)C(Cl)CO. The Kier molecular flexibility index (Phi) is 14.1. The minimum Gasteiger partial charge on any atom is -0.455 e. The number of alkyl halides is 2. The van der Waals surface area contributed by atoms with E-state index >= 15 is 0 Å². The number of carbonyl (C=O) groups excluding carboxylic acids is 3. The van der Waals surface area contributed by atoms with Gasteiger partial charge >= 0.3 is 31.8 Å². The van der Waals surface area contributed by atoms with E-state index in [2.05, 4.69) is 9.47 Å². The van der Waals surface area contributed by atoms with E-state index in [9.17, 15) is 43.1 Å². The third-order valence-electron chi connectivity index (χ3n) is 5.74. The van der Waals surface area contributed by atoms with Gasteiger partial charge in [0.15, 0.2) is 23.3 Å². The molecule has 1 unspecified atom stereocenters. The Balaban J connectivity index is 2.44. The fraction of sp³-hybridized carbons (Fsp3) is 0.708. The van der Waals surface area contributed by atoms with Crippen LogP contribution in [0.4, 0.5) is 14.0 Å². The Morgan fingerprint density at radius 2 is 1.63 bits per heavy atom. The van der Waals surface area contributed by atoms with Crippen LogP contribution in [-0.2, 0) is 51.4 Å². The first-order valence-corrected chi connectivity index (χ1v) is 15.2. The van der Waals surface area contributed by atoms with Gasteiger partial charge in [0.25, 0.3) is 5.56 Å². The summed E-state index contributed by atoms with van der Waals surface area (Å²) in [6.45, 7) is 0.828. The van der Waals surface area contributed by atoms with Gasteiger partial charge in [-0.1, -0.05) is 0 Å². The number of phosphoric ester groups is 1. The highest BCUT2D eigenvalue weighted by Gasteiger charge is 2.65. The summed E-state index contributed by atoms with van der Waals surface area (Å²) >= 11 is 5.74. The second-order valence-electron chi connectivity index (χ2n) is 10.2. The summed E-state index contributed by atoms with van der Waals surface area (Å²) in [5.41, 5.74) is -7.11. The van der Waals surface area contributed by atoms with Crippen LogP contribution in [0.15, 0.2) is 21.9 Å². The Morgan fingerprint density at radius 1 is 1.09 bits per heavy atom. The summed E-state index contributed by atoms with van der Waals surface area (Å²) in [7, 11) is -5.06. The van der Waals surface area contributed by atoms with E-state index in [1.165, 1.54) is 27.7 Å². The van der Waals surface area contributed by atoms with Crippen LogP contribution in [-0.4, -0.2) is 106 Å². The number of aliphatic hydroxyl groups is 2. The first-order chi connectivity index (χ1) is 21.4. The van der Waals surface area contributed by atoms with Crippen LogP contribution >= 0.6 is 19.4 Å². The molecule has 0 amide bonds. The van der Waals surface area contributed by atoms with Crippen molar-refractivity contribution in [3.63, 3.8) is 0 Å². The Morgan fingerprint density at radius 3 is 2.09 bits per heavy atom. The quantitative estimate of drug-likeness (QED) is 0.0718. The van der Waals surface area contributed by atoms with Crippen molar-refractivity contribution in [2.24, 2.45) is 0 Å². The van der Waals surface area contributed by atoms with E-state index in [1.54, 1.807) is 0 Å². The minimum absolute atomic E-state index is 0.607. The van der Waals surface area contributed by atoms with Gasteiger partial charge in [-0.3, -0.25) is 23.7 Å². The van der Waals surface area contributed by atoms with Crippen molar-refractivity contribution in [3.8, 4) is 0 Å². The third-order valence-corrected chi connectivity index (χ3v) is 7.35. The minimum atomic E-state index is -5.06. The number of nitrogens with one attached hydrogen (secondary N) is 1. The fourth-order valence-corrected chi connectivity index (χ4v) is 4.80. The topological polar surface area (TPSA) is 247 Å². The van der Waals surface area contributed by atoms with Gasteiger partial charge in [0.05, 0.1) is 25.4 Å². The largest absolute Gasteiger partial charge is 0.510 e. The van der Waals surface area contributed by atoms with Crippen molar-refractivity contribution in [2.75, 3.05) is 33.5 Å². The highest BCUT2D eigenvalue weighted by molar-refractivity contribution is 7.48. The number of hydrogen-bond donors (Lipinski definition) is 3. The molecule has 0 aliphatic carbocycles. The molecule has 3 N–H and O–H groups in total. The van der Waals surface area contributed by atoms with Crippen molar-refractivity contribution in [1.29, 1.82) is 0 Å². The number of phosphoric acid groups is 1. The van der Waals surface area contributed by atoms with E-state index < -0.39 is 112 Å². The molecule has 5 atom stereocenters. The first kappa shape index (κ1) is 39.1. The number of rotatable bonds is 16. The lowest BCUT2D eigenvalue weighted by molar-refractivity contribution is -0.176. The van der Waals surface area contributed by atoms with E-state index in [0.29, 0.717) is 4.57 Å². The third kappa shape index (κ3) is 10.5. The molecule has 262 valence electrons. The molecule has 0 bridgehead atoms. The Bertz CT molecular complexity index is 1340. The Hall–Kier alpha value is -3.10. The average Bonchev–Trinajstić information content (AvgIpc) is 3.17. The smallest absolute Gasteiger partial charge is 0.455 e. The maximum absolute atomic E-state index is 15.0. The molecule has 0 saturated carbocycles. The highest BCUT2D eigenvalue weighted by atomic mass is 35.5. The van der Waals surface area contributed by atoms with Crippen LogP contribution in [0.3, 0.4) is 0 Å². The zero-order valence-electron chi connectivity index (χ0n) is 25.2. The average molecular weight is 709 g/mol. The molecule has 2 rings (SSSR count). The maximum atomic E-state index is 15.0. The lowest BCUT2D eigenvalue weighted by atomic mass is 9.88. The van der Waals surface area contributed by atoms with Gasteiger partial charge in [0.2, 0.25) is 13.6 Å². The van der Waals surface area contributed by atoms with Crippen molar-refractivity contribution < 1.29 is 75.5 Å². The normalized spacial score (nSPS) is 23.6. The molecule has 19 nitrogen and oxygen atoms in total. The molecule has 46 heavy (non-hydrogen) atoms. The number of halogens is 2. The molecule has 1 saturated heterocycles. The number of ether oxygens (including phenoxy) is 6. The van der Waals surface area contributed by atoms with Crippen LogP contribution in [0.2, 0.25) is 0 Å². The van der Waals surface area contributed by atoms with Crippen LogP contribution in [0.1, 0.15) is 40.8 Å². The highest BCUT2D eigenvalue weighted by Crippen LogP contribution is 2.53. The predicted molar refractivity (Wildman–Crippen MR) is 148 cm³/mol. The van der Waals surface area contributed by atoms with Crippen molar-refractivity contribution in [3.05, 3.63) is 33.1 Å². The van der Waals surface area contributed by atoms with Crippen LogP contribution in [0.5, 0.6) is 0 Å². The van der Waals surface area contributed by atoms with Crippen LogP contribution in [0, 0.1) is 0 Å². The molecular formula is C24H35ClFN2O17P. The number of esters is 1. The molecule has 1 fully saturated rings. The van der Waals surface area contributed by atoms with Gasteiger partial charge in [-0.15, -0.1) is 11.6 Å². The van der Waals surface area contributed by atoms with Crippen molar-refractivity contribution >= 4 is 37.7 Å². The van der Waals surface area contributed by atoms with Gasteiger partial charge in [-0.2, -0.15) is 0 Å². The lowest BCUT2D eigenvalue weighted by Crippen LogP contribution is -2.56. The van der Waals surface area contributed by atoms with E-state index in [4.69, 9.17) is 44.1 Å². The number of nitrogens with zero attached hydrogens (tertiary/aromatic N) is 1. The number of H-pyrrole nitrogens is 1. The molecule has 1 aromatic heterocycles.